The van der Waals surface area contributed by atoms with Gasteiger partial charge in [-0.1, -0.05) is 30.0 Å². The number of ketones is 1. The van der Waals surface area contributed by atoms with E-state index in [9.17, 15) is 4.79 Å². The lowest BCUT2D eigenvalue weighted by Crippen LogP contribution is -2.09. The zero-order valence-corrected chi connectivity index (χ0v) is 11.0. The Bertz CT molecular complexity index is 734. The van der Waals surface area contributed by atoms with E-state index in [0.29, 0.717) is 6.42 Å². The van der Waals surface area contributed by atoms with Crippen LogP contribution in [-0.4, -0.2) is 5.78 Å². The van der Waals surface area contributed by atoms with Gasteiger partial charge >= 0.3 is 0 Å². The van der Waals surface area contributed by atoms with Gasteiger partial charge in [0.15, 0.2) is 5.78 Å². The number of carbonyl (C=O) groups excluding carboxylic acids is 1. The quantitative estimate of drug-likeness (QED) is 0.665. The highest BCUT2D eigenvalue weighted by atomic mass is 32.2. The first-order valence-corrected chi connectivity index (χ1v) is 7.03. The first-order valence-electron chi connectivity index (χ1n) is 6.22. The Labute approximate surface area is 115 Å². The average molecular weight is 265 g/mol. The monoisotopic (exact) mass is 265 g/mol. The molecule has 2 aromatic carbocycles. The van der Waals surface area contributed by atoms with Crippen LogP contribution in [0.5, 0.6) is 0 Å². The largest absolute Gasteiger partial charge is 0.353 e. The fourth-order valence-corrected chi connectivity index (χ4v) is 3.55. The number of allylic oxidation sites excluding steroid dienone is 1. The number of fused-ring (bicyclic) bond motifs is 4. The zero-order valence-electron chi connectivity index (χ0n) is 10.1. The van der Waals surface area contributed by atoms with Gasteiger partial charge < -0.3 is 5.32 Å². The van der Waals surface area contributed by atoms with Crippen molar-refractivity contribution in [3.05, 3.63) is 53.6 Å². The Morgan fingerprint density at radius 2 is 1.89 bits per heavy atom. The number of anilines is 2. The highest BCUT2D eigenvalue weighted by Crippen LogP contribution is 2.46. The molecule has 0 radical (unpaired) electrons. The van der Waals surface area contributed by atoms with Gasteiger partial charge in [0.05, 0.1) is 11.4 Å². The van der Waals surface area contributed by atoms with E-state index in [1.54, 1.807) is 17.8 Å². The van der Waals surface area contributed by atoms with E-state index in [1.807, 2.05) is 12.1 Å². The molecule has 0 atom stereocenters. The van der Waals surface area contributed by atoms with Crippen molar-refractivity contribution in [2.75, 3.05) is 5.32 Å². The average Bonchev–Trinajstić information content (AvgIpc) is 2.44. The number of para-hydroxylation sites is 1. The lowest BCUT2D eigenvalue weighted by Gasteiger charge is -2.24. The van der Waals surface area contributed by atoms with Crippen LogP contribution in [-0.2, 0) is 11.2 Å². The SMILES string of the molecule is O=C1C=Cc2c(ccc3c2Nc2ccccc2S3)C1. The second kappa shape index (κ2) is 4.00. The third kappa shape index (κ3) is 1.70. The lowest BCUT2D eigenvalue weighted by atomic mass is 9.95. The minimum atomic E-state index is 0.177. The van der Waals surface area contributed by atoms with Crippen molar-refractivity contribution in [3.63, 3.8) is 0 Å². The van der Waals surface area contributed by atoms with Crippen LogP contribution in [0.3, 0.4) is 0 Å². The maximum absolute atomic E-state index is 11.5. The molecule has 0 spiro atoms. The van der Waals surface area contributed by atoms with Crippen LogP contribution in [0.25, 0.3) is 6.08 Å². The third-order valence-electron chi connectivity index (χ3n) is 3.46. The second-order valence-electron chi connectivity index (χ2n) is 4.71. The summed E-state index contributed by atoms with van der Waals surface area (Å²) in [6.07, 6.45) is 4.12. The van der Waals surface area contributed by atoms with Crippen molar-refractivity contribution >= 4 is 35.0 Å². The van der Waals surface area contributed by atoms with Crippen LogP contribution in [0, 0.1) is 0 Å². The van der Waals surface area contributed by atoms with Gasteiger partial charge in [-0.2, -0.15) is 0 Å². The molecule has 0 bridgehead atoms. The van der Waals surface area contributed by atoms with Gasteiger partial charge in [-0.05, 0) is 35.9 Å². The summed E-state index contributed by atoms with van der Waals surface area (Å²) in [4.78, 5) is 13.9. The summed E-state index contributed by atoms with van der Waals surface area (Å²) in [5.41, 5.74) is 4.53. The van der Waals surface area contributed by atoms with Crippen LogP contribution in [0.1, 0.15) is 11.1 Å². The molecule has 1 aliphatic heterocycles. The first kappa shape index (κ1) is 10.9. The molecular weight excluding hydrogens is 254 g/mol. The lowest BCUT2D eigenvalue weighted by molar-refractivity contribution is -0.114. The molecule has 0 aromatic heterocycles. The Morgan fingerprint density at radius 3 is 2.84 bits per heavy atom. The van der Waals surface area contributed by atoms with Crippen molar-refractivity contribution in [1.29, 1.82) is 0 Å². The Kier molecular flexibility index (Phi) is 2.29. The molecule has 2 aromatic rings. The molecule has 2 nitrogen and oxygen atoms in total. The molecule has 2 aliphatic rings. The van der Waals surface area contributed by atoms with E-state index < -0.39 is 0 Å². The number of rotatable bonds is 0. The Morgan fingerprint density at radius 1 is 1.00 bits per heavy atom. The molecule has 0 fully saturated rings. The van der Waals surface area contributed by atoms with Gasteiger partial charge in [-0.15, -0.1) is 0 Å². The van der Waals surface area contributed by atoms with Gasteiger partial charge in [0.25, 0.3) is 0 Å². The van der Waals surface area contributed by atoms with Crippen LogP contribution >= 0.6 is 11.8 Å². The topological polar surface area (TPSA) is 29.1 Å². The van der Waals surface area contributed by atoms with Crippen molar-refractivity contribution in [1.82, 2.24) is 0 Å². The van der Waals surface area contributed by atoms with Gasteiger partial charge in [-0.3, -0.25) is 4.79 Å². The van der Waals surface area contributed by atoms with Crippen LogP contribution in [0.2, 0.25) is 0 Å². The van der Waals surface area contributed by atoms with Crippen LogP contribution in [0.15, 0.2) is 52.3 Å². The summed E-state index contributed by atoms with van der Waals surface area (Å²) in [7, 11) is 0. The van der Waals surface area contributed by atoms with Gasteiger partial charge in [0, 0.05) is 21.8 Å². The summed E-state index contributed by atoms with van der Waals surface area (Å²) in [6, 6.07) is 12.5. The highest BCUT2D eigenvalue weighted by molar-refractivity contribution is 7.99. The molecule has 1 N–H and O–H groups in total. The van der Waals surface area contributed by atoms with Crippen molar-refractivity contribution < 1.29 is 4.79 Å². The van der Waals surface area contributed by atoms with Crippen LogP contribution in [0.4, 0.5) is 11.4 Å². The molecule has 1 heterocycles. The number of hydrogen-bond donors (Lipinski definition) is 1. The van der Waals surface area contributed by atoms with Crippen molar-refractivity contribution in [2.24, 2.45) is 0 Å². The number of benzene rings is 2. The predicted octanol–water partition coefficient (Wildman–Crippen LogP) is 4.03. The molecule has 0 saturated heterocycles. The minimum Gasteiger partial charge on any atom is -0.353 e. The Balaban J connectivity index is 1.88. The predicted molar refractivity (Wildman–Crippen MR) is 78.0 cm³/mol. The molecule has 92 valence electrons. The van der Waals surface area contributed by atoms with E-state index in [1.165, 1.54) is 9.79 Å². The fraction of sp³-hybridized carbons (Fsp3) is 0.0625. The maximum atomic E-state index is 11.5. The molecule has 0 saturated carbocycles. The normalized spacial score (nSPS) is 15.3. The molecule has 1 aliphatic carbocycles. The highest BCUT2D eigenvalue weighted by Gasteiger charge is 2.21. The number of nitrogens with one attached hydrogen (secondary N) is 1. The molecule has 0 unspecified atom stereocenters. The first-order chi connectivity index (χ1) is 9.31. The van der Waals surface area contributed by atoms with E-state index in [4.69, 9.17) is 0 Å². The minimum absolute atomic E-state index is 0.177. The fourth-order valence-electron chi connectivity index (χ4n) is 2.54. The van der Waals surface area contributed by atoms with Gasteiger partial charge in [0.2, 0.25) is 0 Å². The smallest absolute Gasteiger partial charge is 0.160 e. The van der Waals surface area contributed by atoms with Gasteiger partial charge in [-0.25, -0.2) is 0 Å². The van der Waals surface area contributed by atoms with Crippen LogP contribution < -0.4 is 5.32 Å². The summed E-state index contributed by atoms with van der Waals surface area (Å²) < 4.78 is 0. The molecule has 19 heavy (non-hydrogen) atoms. The molecular formula is C16H11NOS. The number of hydrogen-bond acceptors (Lipinski definition) is 3. The molecule has 0 amide bonds. The molecule has 3 heteroatoms. The summed E-state index contributed by atoms with van der Waals surface area (Å²) >= 11 is 1.77. The van der Waals surface area contributed by atoms with E-state index in [2.05, 4.69) is 35.6 Å². The van der Waals surface area contributed by atoms with Gasteiger partial charge in [0.1, 0.15) is 0 Å². The second-order valence-corrected chi connectivity index (χ2v) is 5.79. The van der Waals surface area contributed by atoms with E-state index in [-0.39, 0.29) is 5.78 Å². The Hall–Kier alpha value is -2.00. The standard InChI is InChI=1S/C16H11NOS/c18-11-6-7-12-10(9-11)5-8-15-16(12)17-13-3-1-2-4-14(13)19-15/h1-8,17H,9H2. The summed E-state index contributed by atoms with van der Waals surface area (Å²) in [6.45, 7) is 0. The van der Waals surface area contributed by atoms with Crippen molar-refractivity contribution in [2.45, 2.75) is 16.2 Å². The molecule has 4 rings (SSSR count). The van der Waals surface area contributed by atoms with E-state index >= 15 is 0 Å². The van der Waals surface area contributed by atoms with Crippen molar-refractivity contribution in [3.8, 4) is 0 Å². The third-order valence-corrected chi connectivity index (χ3v) is 4.60. The zero-order chi connectivity index (χ0) is 12.8. The number of carbonyl (C=O) groups is 1. The van der Waals surface area contributed by atoms with E-state index in [0.717, 1.165) is 22.5 Å². The maximum Gasteiger partial charge on any atom is 0.160 e. The summed E-state index contributed by atoms with van der Waals surface area (Å²) in [5.74, 6) is 0.177. The summed E-state index contributed by atoms with van der Waals surface area (Å²) in [5, 5.41) is 3.50.